The SMILES string of the molecule is O=C(O)c1cc(O)c(O)c(Oc2cc(C(=O)OC3C(OC(=O)c4cc(O)c(O)c(O)c4)OC4COC(=O)c5cc(O)c(O)c(O)c5-c5c(cc(O)c(O)c5O)C(=O)OC4C3OC(=O)c3cc(O)c(O)c(O)c3)c(O)c(O)c2O)c1. The molecule has 0 aliphatic carbocycles. The molecule has 31 nitrogen and oxygen atoms in total. The maximum Gasteiger partial charge on any atom is 0.342 e. The first-order chi connectivity index (χ1) is 37.1. The largest absolute Gasteiger partial charge is 0.504 e. The normalized spacial score (nSPS) is 17.7. The number of aromatic carboxylic acids is 1. The molecule has 1 fully saturated rings. The van der Waals surface area contributed by atoms with E-state index >= 15 is 0 Å². The molecule has 79 heavy (non-hydrogen) atoms. The number of esters is 5. The molecule has 31 heteroatoms. The van der Waals surface area contributed by atoms with E-state index in [-0.39, 0.29) is 0 Å². The van der Waals surface area contributed by atoms with Gasteiger partial charge in [-0.05, 0) is 48.5 Å². The molecule has 0 amide bonds. The Morgan fingerprint density at radius 2 is 0.873 bits per heavy atom. The fourth-order valence-electron chi connectivity index (χ4n) is 7.82. The van der Waals surface area contributed by atoms with Crippen LogP contribution in [0.25, 0.3) is 11.1 Å². The number of carboxylic acids is 1. The maximum atomic E-state index is 14.6. The van der Waals surface area contributed by atoms with E-state index in [1.54, 1.807) is 0 Å². The summed E-state index contributed by atoms with van der Waals surface area (Å²) in [5, 5.41) is 188. The van der Waals surface area contributed by atoms with Gasteiger partial charge in [-0.1, -0.05) is 0 Å². The highest BCUT2D eigenvalue weighted by Crippen LogP contribution is 2.54. The minimum absolute atomic E-state index is 0.329. The van der Waals surface area contributed by atoms with Gasteiger partial charge in [0, 0.05) is 17.2 Å². The minimum Gasteiger partial charge on any atom is -0.504 e. The molecule has 412 valence electrons. The van der Waals surface area contributed by atoms with Gasteiger partial charge in [0.2, 0.25) is 41.1 Å². The van der Waals surface area contributed by atoms with Crippen molar-refractivity contribution in [3.05, 3.63) is 88.0 Å². The monoisotopic (exact) mass is 1110 g/mol. The predicted octanol–water partition coefficient (Wildman–Crippen LogP) is 2.57. The lowest BCUT2D eigenvalue weighted by molar-refractivity contribution is -0.282. The third-order valence-corrected chi connectivity index (χ3v) is 11.7. The van der Waals surface area contributed by atoms with E-state index in [1.165, 1.54) is 0 Å². The average molecular weight is 1110 g/mol. The zero-order valence-corrected chi connectivity index (χ0v) is 38.6. The third-order valence-electron chi connectivity index (χ3n) is 11.7. The van der Waals surface area contributed by atoms with Crippen molar-refractivity contribution < 1.29 is 154 Å². The minimum atomic E-state index is -2.81. The molecule has 18 N–H and O–H groups in total. The first-order valence-corrected chi connectivity index (χ1v) is 21.6. The van der Waals surface area contributed by atoms with E-state index in [4.69, 9.17) is 33.2 Å². The van der Waals surface area contributed by atoms with Crippen LogP contribution in [0.5, 0.6) is 109 Å². The van der Waals surface area contributed by atoms with Crippen molar-refractivity contribution in [3.8, 4) is 120 Å². The molecule has 0 radical (unpaired) electrons. The number of rotatable bonds is 9. The molecule has 2 aliphatic rings. The van der Waals surface area contributed by atoms with Gasteiger partial charge in [-0.15, -0.1) is 0 Å². The number of cyclic esters (lactones) is 1. The van der Waals surface area contributed by atoms with Crippen molar-refractivity contribution in [1.82, 2.24) is 0 Å². The molecule has 5 unspecified atom stereocenters. The summed E-state index contributed by atoms with van der Waals surface area (Å²) in [6.45, 7) is -1.37. The van der Waals surface area contributed by atoms with Gasteiger partial charge in [0.1, 0.15) is 18.3 Å². The molecule has 5 atom stereocenters. The molecule has 8 rings (SSSR count). The third kappa shape index (κ3) is 9.63. The molecule has 2 aliphatic heterocycles. The molecule has 0 saturated carbocycles. The van der Waals surface area contributed by atoms with Crippen LogP contribution in [0.1, 0.15) is 62.1 Å². The molecule has 0 bridgehead atoms. The van der Waals surface area contributed by atoms with E-state index in [9.17, 15) is 121 Å². The predicted molar refractivity (Wildman–Crippen MR) is 245 cm³/mol. The first kappa shape index (κ1) is 53.8. The molecule has 1 saturated heterocycles. The second kappa shape index (κ2) is 20.0. The first-order valence-electron chi connectivity index (χ1n) is 21.6. The number of aromatic hydroxyl groups is 17. The Hall–Kier alpha value is -11.5. The van der Waals surface area contributed by atoms with E-state index in [0.29, 0.717) is 54.6 Å². The second-order valence-electron chi connectivity index (χ2n) is 16.6. The lowest BCUT2D eigenvalue weighted by Gasteiger charge is -2.43. The van der Waals surface area contributed by atoms with Gasteiger partial charge in [0.05, 0.1) is 27.8 Å². The molecular weight excluding hydrogens is 1070 g/mol. The Morgan fingerprint density at radius 3 is 1.39 bits per heavy atom. The lowest BCUT2D eigenvalue weighted by Crippen LogP contribution is -2.63. The van der Waals surface area contributed by atoms with Crippen LogP contribution in [0.4, 0.5) is 0 Å². The van der Waals surface area contributed by atoms with Crippen molar-refractivity contribution in [3.63, 3.8) is 0 Å². The summed E-state index contributed by atoms with van der Waals surface area (Å²) < 4.78 is 38.9. The highest BCUT2D eigenvalue weighted by Gasteiger charge is 2.55. The van der Waals surface area contributed by atoms with Crippen molar-refractivity contribution in [2.24, 2.45) is 0 Å². The van der Waals surface area contributed by atoms with Crippen molar-refractivity contribution >= 4 is 35.8 Å². The Kier molecular flexibility index (Phi) is 13.6. The number of phenolic OH excluding ortho intramolecular Hbond substituents is 17. The molecule has 6 aromatic rings. The van der Waals surface area contributed by atoms with Gasteiger partial charge in [0.15, 0.2) is 92.7 Å². The molecular formula is C48H34O31. The van der Waals surface area contributed by atoms with Crippen LogP contribution in [-0.4, -0.2) is 165 Å². The van der Waals surface area contributed by atoms with Crippen molar-refractivity contribution in [2.45, 2.75) is 30.7 Å². The van der Waals surface area contributed by atoms with E-state index < -0.39 is 227 Å². The summed E-state index contributed by atoms with van der Waals surface area (Å²) in [6.07, 6.45) is -13.2. The fraction of sp³-hybridized carbons (Fsp3) is 0.125. The Bertz CT molecular complexity index is 3580. The van der Waals surface area contributed by atoms with Gasteiger partial charge in [0.25, 0.3) is 0 Å². The molecule has 2 heterocycles. The van der Waals surface area contributed by atoms with Crippen LogP contribution in [0, 0.1) is 0 Å². The summed E-state index contributed by atoms with van der Waals surface area (Å²) >= 11 is 0. The zero-order chi connectivity index (χ0) is 58.0. The van der Waals surface area contributed by atoms with Crippen LogP contribution >= 0.6 is 0 Å². The smallest absolute Gasteiger partial charge is 0.342 e. The lowest BCUT2D eigenvalue weighted by atomic mass is 9.92. The van der Waals surface area contributed by atoms with Crippen LogP contribution in [0.3, 0.4) is 0 Å². The summed E-state index contributed by atoms with van der Waals surface area (Å²) in [5.74, 6) is -35.6. The van der Waals surface area contributed by atoms with Crippen LogP contribution in [-0.2, 0) is 28.4 Å². The number of carbonyl (C=O) groups excluding carboxylic acids is 5. The van der Waals surface area contributed by atoms with Crippen molar-refractivity contribution in [2.75, 3.05) is 6.61 Å². The van der Waals surface area contributed by atoms with E-state index in [1.807, 2.05) is 0 Å². The quantitative estimate of drug-likeness (QED) is 0.0562. The van der Waals surface area contributed by atoms with Crippen LogP contribution in [0.15, 0.2) is 54.6 Å². The van der Waals surface area contributed by atoms with E-state index in [0.717, 1.165) is 0 Å². The number of carbonyl (C=O) groups is 6. The Labute approximate surface area is 434 Å². The van der Waals surface area contributed by atoms with Gasteiger partial charge in [-0.25, -0.2) is 28.8 Å². The number of phenols is 17. The second-order valence-corrected chi connectivity index (χ2v) is 16.6. The number of ether oxygens (including phenoxy) is 7. The van der Waals surface area contributed by atoms with Crippen LogP contribution in [0.2, 0.25) is 0 Å². The number of carboxylic acid groups (broad SMARTS) is 1. The molecule has 6 aromatic carbocycles. The number of fused-ring (bicyclic) bond motifs is 4. The standard InChI is InChI=1S/C48H34O31/c49-17-2-12(3-18(50)30(17)57)43(68)77-40-39-26(10-73-45(70)14-7-22(54)33(60)36(63)27(14)28-15(46(71)76-39)8-23(55)34(61)37(28)64)75-48(79-44(69)13-4-19(51)31(58)20(52)5-13)41(40)78-47(72)16-9-25(35(62)38(65)29(16)56)74-24-6-11(42(66)67)1-21(53)32(24)59/h1-9,26,39-41,48-65H,10H2,(H,66,67). The Morgan fingerprint density at radius 1 is 0.430 bits per heavy atom. The molecule has 0 aromatic heterocycles. The van der Waals surface area contributed by atoms with Gasteiger partial charge >= 0.3 is 35.8 Å². The summed E-state index contributed by atoms with van der Waals surface area (Å²) in [5.41, 5.74) is -8.42. The average Bonchev–Trinajstić information content (AvgIpc) is 3.60. The zero-order valence-electron chi connectivity index (χ0n) is 38.6. The van der Waals surface area contributed by atoms with Gasteiger partial charge in [-0.3, -0.25) is 0 Å². The highest BCUT2D eigenvalue weighted by molar-refractivity contribution is 6.08. The molecule has 0 spiro atoms. The summed E-state index contributed by atoms with van der Waals surface area (Å²) in [6, 6.07) is 4.14. The maximum absolute atomic E-state index is 14.6. The van der Waals surface area contributed by atoms with Gasteiger partial charge in [-0.2, -0.15) is 0 Å². The summed E-state index contributed by atoms with van der Waals surface area (Å²) in [4.78, 5) is 83.0. The van der Waals surface area contributed by atoms with Gasteiger partial charge < -0.3 is 125 Å². The highest BCUT2D eigenvalue weighted by atomic mass is 16.7. The number of hydrogen-bond donors (Lipinski definition) is 18. The number of hydrogen-bond acceptors (Lipinski definition) is 30. The summed E-state index contributed by atoms with van der Waals surface area (Å²) in [7, 11) is 0. The topological polar surface area (TPSA) is 531 Å². The fourth-order valence-corrected chi connectivity index (χ4v) is 7.82. The Balaban J connectivity index is 1.33. The van der Waals surface area contributed by atoms with E-state index in [2.05, 4.69) is 0 Å². The van der Waals surface area contributed by atoms with Crippen molar-refractivity contribution in [1.29, 1.82) is 0 Å². The number of benzene rings is 6. The van der Waals surface area contributed by atoms with Crippen LogP contribution < -0.4 is 4.74 Å².